The normalized spacial score (nSPS) is 11.0. The van der Waals surface area contributed by atoms with Crippen LogP contribution in [0.5, 0.6) is 0 Å². The average Bonchev–Trinajstić information content (AvgIpc) is 1.65. The third kappa shape index (κ3) is 22.4. The molecule has 0 aliphatic heterocycles. The molecule has 13 rings (SSSR count). The summed E-state index contributed by atoms with van der Waals surface area (Å²) in [6.07, 6.45) is 26.3. The standard InChI is InChI=1S/C32H30S.C21H22F2S.C21H23FS.C21H24S/c1-3-5-7-25-9-13-27(14-10-25)17-18-29-19-21-30-24-31(33-32(30)23-29)22-20-28-15-11-26(12-16-28)8-6-4-2;1-3-4-5-6-7-15-8-10-16(11-9-15)18-13-17-12-14(2)19(22)20(23)21(17)24-18;1-3-4-5-6-7-16-8-10-17(11-9-16)20-14-18-12-15(2)13-19(22)21(18)23-20;1-3-4-5-6-7-17-9-12-18(13-10-17)21-15-19-11-8-16(2)14-20(19)22-21/h9-16,19,21,23-24H,3-8H2,1-2H3;8-13H,3-7H2,1-2H3;8-14H,3-7H2,1-2H3;8-15H,3-7H2,1-2H3. The van der Waals surface area contributed by atoms with E-state index in [1.807, 2.05) is 24.3 Å². The molecular formula is C95H99F3S4. The first-order chi connectivity index (χ1) is 49.8. The highest BCUT2D eigenvalue weighted by molar-refractivity contribution is 7.23. The van der Waals surface area contributed by atoms with Crippen molar-refractivity contribution in [2.24, 2.45) is 0 Å². The molecule has 0 spiro atoms. The highest BCUT2D eigenvalue weighted by atomic mass is 32.1. The van der Waals surface area contributed by atoms with E-state index in [0.29, 0.717) is 10.3 Å². The van der Waals surface area contributed by atoms with Crippen molar-refractivity contribution in [3.05, 3.63) is 284 Å². The Hall–Kier alpha value is -8.27. The molecule has 4 heterocycles. The summed E-state index contributed by atoms with van der Waals surface area (Å²) in [4.78, 5) is 4.58. The van der Waals surface area contributed by atoms with Crippen molar-refractivity contribution < 1.29 is 13.2 Å². The van der Waals surface area contributed by atoms with Gasteiger partial charge in [0.2, 0.25) is 0 Å². The minimum Gasteiger partial charge on any atom is -0.205 e. The molecule has 0 atom stereocenters. The summed E-state index contributed by atoms with van der Waals surface area (Å²) in [5.74, 6) is 11.7. The largest absolute Gasteiger partial charge is 0.205 e. The van der Waals surface area contributed by atoms with Crippen LogP contribution in [0.15, 0.2) is 200 Å². The first-order valence-electron chi connectivity index (χ1n) is 37.4. The first-order valence-corrected chi connectivity index (χ1v) is 40.6. The van der Waals surface area contributed by atoms with E-state index in [0.717, 1.165) is 83.6 Å². The highest BCUT2D eigenvalue weighted by Crippen LogP contribution is 2.39. The summed E-state index contributed by atoms with van der Waals surface area (Å²) in [5.41, 5.74) is 16.4. The zero-order valence-electron chi connectivity index (χ0n) is 61.2. The van der Waals surface area contributed by atoms with Gasteiger partial charge in [0.05, 0.1) is 14.3 Å². The van der Waals surface area contributed by atoms with E-state index in [1.54, 1.807) is 41.7 Å². The molecule has 0 N–H and O–H groups in total. The van der Waals surface area contributed by atoms with E-state index in [2.05, 4.69) is 247 Å². The number of hydrogen-bond acceptors (Lipinski definition) is 4. The second-order valence-corrected chi connectivity index (χ2v) is 31.5. The van der Waals surface area contributed by atoms with Crippen LogP contribution in [0.3, 0.4) is 0 Å². The molecule has 0 nitrogen and oxygen atoms in total. The lowest BCUT2D eigenvalue weighted by Gasteiger charge is -2.03. The monoisotopic (exact) mass is 1420 g/mol. The number of unbranched alkanes of at least 4 members (excludes halogenated alkanes) is 11. The second-order valence-electron chi connectivity index (χ2n) is 27.3. The fourth-order valence-corrected chi connectivity index (χ4v) is 16.8. The van der Waals surface area contributed by atoms with Crippen LogP contribution in [-0.2, 0) is 32.1 Å². The van der Waals surface area contributed by atoms with Crippen molar-refractivity contribution >= 4 is 85.7 Å². The molecule has 524 valence electrons. The molecule has 0 saturated heterocycles. The van der Waals surface area contributed by atoms with E-state index in [4.69, 9.17) is 0 Å². The lowest BCUT2D eigenvalue weighted by molar-refractivity contribution is 0.512. The predicted molar refractivity (Wildman–Crippen MR) is 443 cm³/mol. The Kier molecular flexibility index (Phi) is 29.5. The molecule has 102 heavy (non-hydrogen) atoms. The predicted octanol–water partition coefficient (Wildman–Crippen LogP) is 29.8. The molecule has 4 aromatic heterocycles. The molecule has 0 fully saturated rings. The Morgan fingerprint density at radius 1 is 0.284 bits per heavy atom. The van der Waals surface area contributed by atoms with E-state index in [9.17, 15) is 13.2 Å². The maximum absolute atomic E-state index is 14.1. The van der Waals surface area contributed by atoms with Gasteiger partial charge in [-0.1, -0.05) is 250 Å². The lowest BCUT2D eigenvalue weighted by atomic mass is 10.0. The van der Waals surface area contributed by atoms with E-state index in [-0.39, 0.29) is 5.82 Å². The van der Waals surface area contributed by atoms with Gasteiger partial charge in [-0.2, -0.15) is 0 Å². The Morgan fingerprint density at radius 2 is 0.676 bits per heavy atom. The van der Waals surface area contributed by atoms with Gasteiger partial charge in [-0.05, 0) is 247 Å². The summed E-state index contributed by atoms with van der Waals surface area (Å²) in [7, 11) is 0. The summed E-state index contributed by atoms with van der Waals surface area (Å²) in [6, 6.07) is 70.8. The maximum atomic E-state index is 14.1. The number of benzene rings is 9. The molecular weight excluding hydrogens is 1330 g/mol. The second kappa shape index (κ2) is 39.4. The molecule has 0 unspecified atom stereocenters. The Bertz CT molecular complexity index is 4830. The molecule has 0 aliphatic rings. The van der Waals surface area contributed by atoms with Gasteiger partial charge in [0.25, 0.3) is 0 Å². The van der Waals surface area contributed by atoms with Crippen molar-refractivity contribution in [3.63, 3.8) is 0 Å². The van der Waals surface area contributed by atoms with Gasteiger partial charge < -0.3 is 0 Å². The Labute approximate surface area is 623 Å². The minimum atomic E-state index is -0.738. The van der Waals surface area contributed by atoms with Crippen molar-refractivity contribution in [1.82, 2.24) is 0 Å². The van der Waals surface area contributed by atoms with Gasteiger partial charge in [0.1, 0.15) is 5.82 Å². The number of fused-ring (bicyclic) bond motifs is 4. The molecule has 0 aliphatic carbocycles. The molecule has 0 radical (unpaired) electrons. The average molecular weight is 1430 g/mol. The van der Waals surface area contributed by atoms with Crippen LogP contribution in [0.4, 0.5) is 13.2 Å². The van der Waals surface area contributed by atoms with Gasteiger partial charge in [-0.15, -0.1) is 45.3 Å². The molecule has 0 saturated carbocycles. The molecule has 0 amide bonds. The van der Waals surface area contributed by atoms with E-state index >= 15 is 0 Å². The van der Waals surface area contributed by atoms with Crippen LogP contribution in [0.2, 0.25) is 0 Å². The topological polar surface area (TPSA) is 0 Å². The molecule has 0 bridgehead atoms. The van der Waals surface area contributed by atoms with Crippen molar-refractivity contribution in [2.45, 2.75) is 190 Å². The van der Waals surface area contributed by atoms with Gasteiger partial charge in [-0.25, -0.2) is 13.2 Å². The SMILES string of the molecule is CCCCCCc1ccc(-c2cc3cc(C)c(F)c(F)c3s2)cc1.CCCCCCc1ccc(-c2cc3cc(C)cc(F)c3s2)cc1.CCCCCCc1ccc(-c2cc3ccc(C)cc3s2)cc1.CCCCc1ccc(C#Cc2ccc3cc(C#Cc4ccc(CCCC)cc4)sc3c2)cc1. The van der Waals surface area contributed by atoms with Crippen LogP contribution in [0, 0.1) is 61.9 Å². The Balaban J connectivity index is 0.000000148. The van der Waals surface area contributed by atoms with Gasteiger partial charge in [0.15, 0.2) is 11.6 Å². The lowest BCUT2D eigenvalue weighted by Crippen LogP contribution is -1.87. The van der Waals surface area contributed by atoms with Gasteiger partial charge >= 0.3 is 0 Å². The molecule has 13 aromatic rings. The van der Waals surface area contributed by atoms with Crippen LogP contribution in [0.1, 0.15) is 203 Å². The molecule has 9 aromatic carbocycles. The highest BCUT2D eigenvalue weighted by Gasteiger charge is 2.16. The maximum Gasteiger partial charge on any atom is 0.176 e. The number of hydrogen-bond donors (Lipinski definition) is 0. The number of thiophene rings is 4. The fraction of sp³-hybridized carbons (Fsp3) is 0.305. The number of aryl methyl sites for hydroxylation is 8. The summed E-state index contributed by atoms with van der Waals surface area (Å²) >= 11 is 6.49. The van der Waals surface area contributed by atoms with E-state index < -0.39 is 11.6 Å². The summed E-state index contributed by atoms with van der Waals surface area (Å²) < 4.78 is 45.7. The first kappa shape index (κ1) is 76.4. The van der Waals surface area contributed by atoms with Crippen LogP contribution >= 0.6 is 45.3 Å². The quantitative estimate of drug-likeness (QED) is 0.0418. The third-order valence-electron chi connectivity index (χ3n) is 18.7. The zero-order valence-corrected chi connectivity index (χ0v) is 64.4. The van der Waals surface area contributed by atoms with Gasteiger partial charge in [0, 0.05) is 40.7 Å². The zero-order chi connectivity index (χ0) is 71.6. The van der Waals surface area contributed by atoms with Crippen molar-refractivity contribution in [3.8, 4) is 55.0 Å². The third-order valence-corrected chi connectivity index (χ3v) is 23.2. The molecule has 7 heteroatoms. The minimum absolute atomic E-state index is 0.108. The van der Waals surface area contributed by atoms with E-state index in [1.165, 1.54) is 190 Å². The van der Waals surface area contributed by atoms with Crippen LogP contribution in [0.25, 0.3) is 71.7 Å². The number of halogens is 3. The van der Waals surface area contributed by atoms with Gasteiger partial charge in [-0.3, -0.25) is 0 Å². The van der Waals surface area contributed by atoms with Crippen molar-refractivity contribution in [1.29, 1.82) is 0 Å². The summed E-state index contributed by atoms with van der Waals surface area (Å²) in [5, 5.41) is 4.36. The van der Waals surface area contributed by atoms with Crippen LogP contribution in [-0.4, -0.2) is 0 Å². The van der Waals surface area contributed by atoms with Crippen molar-refractivity contribution in [2.75, 3.05) is 0 Å². The van der Waals surface area contributed by atoms with Crippen LogP contribution < -0.4 is 0 Å². The smallest absolute Gasteiger partial charge is 0.176 e. The number of rotatable bonds is 24. The summed E-state index contributed by atoms with van der Waals surface area (Å²) in [6.45, 7) is 16.9. The fourth-order valence-electron chi connectivity index (χ4n) is 12.6. The Morgan fingerprint density at radius 3 is 1.18 bits per heavy atom.